The van der Waals surface area contributed by atoms with E-state index < -0.39 is 0 Å². The third kappa shape index (κ3) is 2.33. The van der Waals surface area contributed by atoms with Crippen LogP contribution >= 0.6 is 0 Å². The van der Waals surface area contributed by atoms with Crippen molar-refractivity contribution in [1.29, 1.82) is 0 Å². The van der Waals surface area contributed by atoms with Crippen LogP contribution in [0.4, 0.5) is 0 Å². The number of carbonyl (C=O) groups excluding carboxylic acids is 1. The first-order valence-corrected chi connectivity index (χ1v) is 6.34. The summed E-state index contributed by atoms with van der Waals surface area (Å²) in [6.07, 6.45) is 8.30. The third-order valence-corrected chi connectivity index (χ3v) is 3.38. The van der Waals surface area contributed by atoms with Crippen molar-refractivity contribution in [2.75, 3.05) is 0 Å². The highest BCUT2D eigenvalue weighted by Gasteiger charge is 2.21. The monoisotopic (exact) mass is 257 g/mol. The molecule has 1 aliphatic carbocycles. The lowest BCUT2D eigenvalue weighted by atomic mass is 9.93. The molecule has 0 aromatic carbocycles. The van der Waals surface area contributed by atoms with Crippen molar-refractivity contribution in [3.63, 3.8) is 0 Å². The molecular formula is C13H15N5O. The average Bonchev–Trinajstić information content (AvgIpc) is 2.80. The van der Waals surface area contributed by atoms with Crippen LogP contribution in [0.3, 0.4) is 0 Å². The van der Waals surface area contributed by atoms with E-state index in [4.69, 9.17) is 0 Å². The van der Waals surface area contributed by atoms with Crippen molar-refractivity contribution >= 4 is 5.91 Å². The van der Waals surface area contributed by atoms with Crippen molar-refractivity contribution < 1.29 is 4.79 Å². The molecular weight excluding hydrogens is 242 g/mol. The molecule has 2 heterocycles. The number of amides is 1. The zero-order valence-electron chi connectivity index (χ0n) is 10.7. The van der Waals surface area contributed by atoms with E-state index >= 15 is 0 Å². The van der Waals surface area contributed by atoms with Crippen LogP contribution in [0.1, 0.15) is 29.9 Å². The molecule has 2 aromatic rings. The van der Waals surface area contributed by atoms with Gasteiger partial charge in [0.05, 0.1) is 23.9 Å². The Morgan fingerprint density at radius 3 is 2.95 bits per heavy atom. The second-order valence-corrected chi connectivity index (χ2v) is 4.76. The van der Waals surface area contributed by atoms with E-state index in [0.717, 1.165) is 18.5 Å². The van der Waals surface area contributed by atoms with Gasteiger partial charge in [0.25, 0.3) is 5.91 Å². The van der Waals surface area contributed by atoms with Gasteiger partial charge in [0, 0.05) is 19.3 Å². The molecule has 2 aromatic heterocycles. The second kappa shape index (κ2) is 4.79. The van der Waals surface area contributed by atoms with Gasteiger partial charge in [0.15, 0.2) is 0 Å². The summed E-state index contributed by atoms with van der Waals surface area (Å²) in [6, 6.07) is 2.06. The molecule has 0 atom stereocenters. The Kier molecular flexibility index (Phi) is 2.98. The first-order chi connectivity index (χ1) is 9.24. The smallest absolute Gasteiger partial charge is 0.289 e. The Bertz CT molecular complexity index is 603. The molecule has 0 spiro atoms. The van der Waals surface area contributed by atoms with Gasteiger partial charge in [-0.05, 0) is 25.3 Å². The van der Waals surface area contributed by atoms with Crippen LogP contribution in [0.2, 0.25) is 0 Å². The lowest BCUT2D eigenvalue weighted by Gasteiger charge is -2.25. The standard InChI is InChI=1S/C13H15N5O/c1-18-8-14-7-11(18)10-5-6-15-12(17-10)13(19)16-9-3-2-4-9/h5-9H,2-4H2,1H3,(H,16,19). The molecule has 0 saturated heterocycles. The van der Waals surface area contributed by atoms with Crippen molar-refractivity contribution in [2.45, 2.75) is 25.3 Å². The third-order valence-electron chi connectivity index (χ3n) is 3.38. The largest absolute Gasteiger partial charge is 0.347 e. The lowest BCUT2D eigenvalue weighted by molar-refractivity contribution is 0.0906. The number of carbonyl (C=O) groups is 1. The number of imidazole rings is 1. The molecule has 1 amide bonds. The summed E-state index contributed by atoms with van der Waals surface area (Å²) in [7, 11) is 1.89. The molecule has 1 aliphatic rings. The first-order valence-electron chi connectivity index (χ1n) is 6.34. The highest BCUT2D eigenvalue weighted by molar-refractivity contribution is 5.91. The molecule has 0 radical (unpaired) electrons. The van der Waals surface area contributed by atoms with Gasteiger partial charge < -0.3 is 9.88 Å². The molecule has 0 unspecified atom stereocenters. The fourth-order valence-electron chi connectivity index (χ4n) is 2.02. The van der Waals surface area contributed by atoms with Gasteiger partial charge in [0.2, 0.25) is 5.82 Å². The Morgan fingerprint density at radius 2 is 2.32 bits per heavy atom. The number of hydrogen-bond acceptors (Lipinski definition) is 4. The molecule has 1 N–H and O–H groups in total. The summed E-state index contributed by atoms with van der Waals surface area (Å²) < 4.78 is 1.86. The van der Waals surface area contributed by atoms with E-state index in [1.165, 1.54) is 6.42 Å². The maximum absolute atomic E-state index is 12.0. The van der Waals surface area contributed by atoms with Crippen LogP contribution in [0.25, 0.3) is 11.4 Å². The van der Waals surface area contributed by atoms with Gasteiger partial charge in [-0.25, -0.2) is 15.0 Å². The molecule has 1 saturated carbocycles. The molecule has 0 aliphatic heterocycles. The average molecular weight is 257 g/mol. The van der Waals surface area contributed by atoms with E-state index in [1.54, 1.807) is 24.8 Å². The molecule has 6 heteroatoms. The minimum Gasteiger partial charge on any atom is -0.347 e. The minimum atomic E-state index is -0.200. The fourth-order valence-corrected chi connectivity index (χ4v) is 2.02. The number of aryl methyl sites for hydroxylation is 1. The van der Waals surface area contributed by atoms with Crippen molar-refractivity contribution in [3.05, 3.63) is 30.6 Å². The Balaban J connectivity index is 1.83. The van der Waals surface area contributed by atoms with Gasteiger partial charge in [-0.2, -0.15) is 0 Å². The lowest BCUT2D eigenvalue weighted by Crippen LogP contribution is -2.40. The van der Waals surface area contributed by atoms with Crippen LogP contribution in [-0.2, 0) is 7.05 Å². The molecule has 6 nitrogen and oxygen atoms in total. The van der Waals surface area contributed by atoms with Gasteiger partial charge in [-0.15, -0.1) is 0 Å². The summed E-state index contributed by atoms with van der Waals surface area (Å²) in [4.78, 5) is 24.4. The van der Waals surface area contributed by atoms with Crippen LogP contribution in [0.15, 0.2) is 24.8 Å². The number of rotatable bonds is 3. The highest BCUT2D eigenvalue weighted by atomic mass is 16.2. The maximum atomic E-state index is 12.0. The Hall–Kier alpha value is -2.24. The molecule has 3 rings (SSSR count). The van der Waals surface area contributed by atoms with Crippen molar-refractivity contribution in [3.8, 4) is 11.4 Å². The van der Waals surface area contributed by atoms with E-state index in [9.17, 15) is 4.79 Å². The second-order valence-electron chi connectivity index (χ2n) is 4.76. The van der Waals surface area contributed by atoms with E-state index in [-0.39, 0.29) is 17.8 Å². The molecule has 98 valence electrons. The van der Waals surface area contributed by atoms with E-state index in [1.807, 2.05) is 11.6 Å². The molecule has 19 heavy (non-hydrogen) atoms. The topological polar surface area (TPSA) is 72.7 Å². The summed E-state index contributed by atoms with van der Waals surface area (Å²) in [6.45, 7) is 0. The SMILES string of the molecule is Cn1cncc1-c1ccnc(C(=O)NC2CCC2)n1. The van der Waals surface area contributed by atoms with Gasteiger partial charge >= 0.3 is 0 Å². The molecule has 0 bridgehead atoms. The minimum absolute atomic E-state index is 0.200. The Labute approximate surface area is 110 Å². The fraction of sp³-hybridized carbons (Fsp3) is 0.385. The number of nitrogens with zero attached hydrogens (tertiary/aromatic N) is 4. The zero-order chi connectivity index (χ0) is 13.2. The van der Waals surface area contributed by atoms with Crippen LogP contribution < -0.4 is 5.32 Å². The quantitative estimate of drug-likeness (QED) is 0.895. The van der Waals surface area contributed by atoms with Gasteiger partial charge in [-0.1, -0.05) is 0 Å². The summed E-state index contributed by atoms with van der Waals surface area (Å²) in [5, 5.41) is 2.93. The number of hydrogen-bond donors (Lipinski definition) is 1. The first kappa shape index (κ1) is 11.8. The van der Waals surface area contributed by atoms with E-state index in [2.05, 4.69) is 20.3 Å². The van der Waals surface area contributed by atoms with Crippen LogP contribution in [0.5, 0.6) is 0 Å². The number of aromatic nitrogens is 4. The Morgan fingerprint density at radius 1 is 1.47 bits per heavy atom. The summed E-state index contributed by atoms with van der Waals surface area (Å²) in [5.74, 6) is 0.0133. The van der Waals surface area contributed by atoms with Gasteiger partial charge in [-0.3, -0.25) is 4.79 Å². The summed E-state index contributed by atoms with van der Waals surface area (Å²) in [5.41, 5.74) is 1.56. The van der Waals surface area contributed by atoms with E-state index in [0.29, 0.717) is 5.69 Å². The normalized spacial score (nSPS) is 15.0. The van der Waals surface area contributed by atoms with Crippen molar-refractivity contribution in [1.82, 2.24) is 24.8 Å². The van der Waals surface area contributed by atoms with Crippen LogP contribution in [0, 0.1) is 0 Å². The van der Waals surface area contributed by atoms with Gasteiger partial charge in [0.1, 0.15) is 0 Å². The predicted molar refractivity (Wildman–Crippen MR) is 69.3 cm³/mol. The van der Waals surface area contributed by atoms with Crippen molar-refractivity contribution in [2.24, 2.45) is 7.05 Å². The zero-order valence-corrected chi connectivity index (χ0v) is 10.7. The maximum Gasteiger partial charge on any atom is 0.289 e. The summed E-state index contributed by atoms with van der Waals surface area (Å²) >= 11 is 0. The molecule has 1 fully saturated rings. The van der Waals surface area contributed by atoms with Crippen LogP contribution in [-0.4, -0.2) is 31.5 Å². The predicted octanol–water partition coefficient (Wildman–Crippen LogP) is 1.16. The highest BCUT2D eigenvalue weighted by Crippen LogP contribution is 2.19. The number of nitrogens with one attached hydrogen (secondary N) is 1.